The van der Waals surface area contributed by atoms with Gasteiger partial charge in [0.05, 0.1) is 0 Å². The lowest BCUT2D eigenvalue weighted by atomic mass is 9.83. The fraction of sp³-hybridized carbons (Fsp3) is 0.174. The van der Waals surface area contributed by atoms with E-state index in [1.807, 2.05) is 66.7 Å². The van der Waals surface area contributed by atoms with E-state index in [0.717, 1.165) is 11.1 Å². The number of ether oxygens (including phenoxy) is 1. The summed E-state index contributed by atoms with van der Waals surface area (Å²) in [6.07, 6.45) is 0.635. The van der Waals surface area contributed by atoms with Gasteiger partial charge in [0.15, 0.2) is 0 Å². The van der Waals surface area contributed by atoms with Crippen molar-refractivity contribution in [2.24, 2.45) is 0 Å². The maximum absolute atomic E-state index is 12.3. The van der Waals surface area contributed by atoms with Gasteiger partial charge in [-0.3, -0.25) is 4.79 Å². The lowest BCUT2D eigenvalue weighted by Gasteiger charge is -2.34. The van der Waals surface area contributed by atoms with Crippen LogP contribution in [0.1, 0.15) is 27.9 Å². The Hall–Kier alpha value is -2.91. The highest BCUT2D eigenvalue weighted by molar-refractivity contribution is 5.94. The van der Waals surface area contributed by atoms with Crippen LogP contribution in [0.25, 0.3) is 0 Å². The van der Waals surface area contributed by atoms with Gasteiger partial charge in [0.2, 0.25) is 0 Å². The first-order valence-corrected chi connectivity index (χ1v) is 8.76. The Bertz CT molecular complexity index is 777. The molecule has 0 aliphatic heterocycles. The van der Waals surface area contributed by atoms with Crippen molar-refractivity contribution in [2.75, 3.05) is 13.7 Å². The molecule has 3 heteroatoms. The Labute approximate surface area is 154 Å². The van der Waals surface area contributed by atoms with E-state index in [-0.39, 0.29) is 5.91 Å². The van der Waals surface area contributed by atoms with Crippen molar-refractivity contribution < 1.29 is 9.53 Å². The highest BCUT2D eigenvalue weighted by Crippen LogP contribution is 2.36. The molecule has 0 spiro atoms. The molecular weight excluding hydrogens is 322 g/mol. The van der Waals surface area contributed by atoms with Crippen LogP contribution in [0.4, 0.5) is 0 Å². The first-order chi connectivity index (χ1) is 12.8. The predicted octanol–water partition coefficient (Wildman–Crippen LogP) is 4.40. The van der Waals surface area contributed by atoms with E-state index in [1.54, 1.807) is 7.11 Å². The number of hydrogen-bond donors (Lipinski definition) is 1. The second kappa shape index (κ2) is 8.45. The van der Waals surface area contributed by atoms with Gasteiger partial charge in [-0.15, -0.1) is 0 Å². The molecule has 3 nitrogen and oxygen atoms in total. The summed E-state index contributed by atoms with van der Waals surface area (Å²) in [6.45, 7) is 0.505. The molecule has 0 aromatic heterocycles. The van der Waals surface area contributed by atoms with Crippen LogP contribution in [-0.2, 0) is 10.3 Å². The molecule has 0 unspecified atom stereocenters. The molecule has 0 saturated heterocycles. The summed E-state index contributed by atoms with van der Waals surface area (Å²) >= 11 is 0. The number of hydrogen-bond acceptors (Lipinski definition) is 2. The Morgan fingerprint density at radius 3 is 1.73 bits per heavy atom. The monoisotopic (exact) mass is 345 g/mol. The average molecular weight is 345 g/mol. The number of rotatable bonds is 7. The van der Waals surface area contributed by atoms with Gasteiger partial charge in [0, 0.05) is 25.6 Å². The van der Waals surface area contributed by atoms with Crippen molar-refractivity contribution >= 4 is 5.91 Å². The van der Waals surface area contributed by atoms with Crippen molar-refractivity contribution in [2.45, 2.75) is 12.0 Å². The van der Waals surface area contributed by atoms with Crippen LogP contribution < -0.4 is 5.32 Å². The highest BCUT2D eigenvalue weighted by atomic mass is 16.5. The summed E-state index contributed by atoms with van der Waals surface area (Å²) in [5.74, 6) is -0.0725. The van der Waals surface area contributed by atoms with Gasteiger partial charge in [-0.1, -0.05) is 78.9 Å². The Balaban J connectivity index is 1.82. The van der Waals surface area contributed by atoms with Crippen molar-refractivity contribution in [1.82, 2.24) is 5.32 Å². The standard InChI is InChI=1S/C23H23NO2/c1-26-23(20-13-7-3-8-14-20,21-15-9-4-10-16-21)17-18-24-22(25)19-11-5-2-6-12-19/h2-16H,17-18H2,1H3,(H,24,25). The molecule has 3 aromatic rings. The average Bonchev–Trinajstić information content (AvgIpc) is 2.73. The topological polar surface area (TPSA) is 38.3 Å². The minimum Gasteiger partial charge on any atom is -0.369 e. The summed E-state index contributed by atoms with van der Waals surface area (Å²) in [5.41, 5.74) is 2.20. The first kappa shape index (κ1) is 17.9. The van der Waals surface area contributed by atoms with Gasteiger partial charge in [-0.2, -0.15) is 0 Å². The summed E-state index contributed by atoms with van der Waals surface area (Å²) < 4.78 is 6.05. The van der Waals surface area contributed by atoms with E-state index in [9.17, 15) is 4.79 Å². The fourth-order valence-corrected chi connectivity index (χ4v) is 3.25. The quantitative estimate of drug-likeness (QED) is 0.689. The molecule has 1 N–H and O–H groups in total. The van der Waals surface area contributed by atoms with Gasteiger partial charge in [0.25, 0.3) is 5.91 Å². The first-order valence-electron chi connectivity index (χ1n) is 8.76. The van der Waals surface area contributed by atoms with Gasteiger partial charge < -0.3 is 10.1 Å². The van der Waals surface area contributed by atoms with Crippen LogP contribution in [0.5, 0.6) is 0 Å². The Kier molecular flexibility index (Phi) is 5.82. The molecule has 26 heavy (non-hydrogen) atoms. The lowest BCUT2D eigenvalue weighted by Crippen LogP contribution is -2.36. The zero-order chi connectivity index (χ0) is 18.2. The molecule has 0 aliphatic carbocycles. The predicted molar refractivity (Wildman–Crippen MR) is 104 cm³/mol. The molecule has 1 amide bonds. The van der Waals surface area contributed by atoms with Crippen LogP contribution in [0.2, 0.25) is 0 Å². The molecule has 3 rings (SSSR count). The van der Waals surface area contributed by atoms with E-state index >= 15 is 0 Å². The highest BCUT2D eigenvalue weighted by Gasteiger charge is 2.33. The lowest BCUT2D eigenvalue weighted by molar-refractivity contribution is 0.0148. The normalized spacial score (nSPS) is 11.1. The third-order valence-electron chi connectivity index (χ3n) is 4.63. The van der Waals surface area contributed by atoms with Gasteiger partial charge in [-0.25, -0.2) is 0 Å². The van der Waals surface area contributed by atoms with Crippen LogP contribution in [-0.4, -0.2) is 19.6 Å². The van der Waals surface area contributed by atoms with Crippen molar-refractivity contribution in [3.05, 3.63) is 108 Å². The maximum atomic E-state index is 12.3. The minimum absolute atomic E-state index is 0.0725. The summed E-state index contributed by atoms with van der Waals surface area (Å²) in [4.78, 5) is 12.3. The van der Waals surface area contributed by atoms with Gasteiger partial charge >= 0.3 is 0 Å². The van der Waals surface area contributed by atoms with E-state index in [4.69, 9.17) is 4.74 Å². The molecule has 132 valence electrons. The van der Waals surface area contributed by atoms with Crippen molar-refractivity contribution in [3.63, 3.8) is 0 Å². The van der Waals surface area contributed by atoms with E-state index < -0.39 is 5.60 Å². The molecule has 0 bridgehead atoms. The summed E-state index contributed by atoms with van der Waals surface area (Å²) in [5, 5.41) is 3.01. The Morgan fingerprint density at radius 2 is 1.27 bits per heavy atom. The number of nitrogens with one attached hydrogen (secondary N) is 1. The number of carbonyl (C=O) groups is 1. The maximum Gasteiger partial charge on any atom is 0.251 e. The largest absolute Gasteiger partial charge is 0.369 e. The SMILES string of the molecule is COC(CCNC(=O)c1ccccc1)(c1ccccc1)c1ccccc1. The fourth-order valence-electron chi connectivity index (χ4n) is 3.25. The summed E-state index contributed by atoms with van der Waals surface area (Å²) in [7, 11) is 1.72. The Morgan fingerprint density at radius 1 is 0.808 bits per heavy atom. The minimum atomic E-state index is -0.605. The van der Waals surface area contributed by atoms with Gasteiger partial charge in [0.1, 0.15) is 5.60 Å². The van der Waals surface area contributed by atoms with Crippen LogP contribution in [0, 0.1) is 0 Å². The third kappa shape index (κ3) is 3.84. The molecular formula is C23H23NO2. The second-order valence-corrected chi connectivity index (χ2v) is 6.14. The zero-order valence-electron chi connectivity index (χ0n) is 14.9. The number of benzene rings is 3. The number of amides is 1. The third-order valence-corrected chi connectivity index (χ3v) is 4.63. The van der Waals surface area contributed by atoms with E-state index in [0.29, 0.717) is 18.5 Å². The van der Waals surface area contributed by atoms with Crippen LogP contribution >= 0.6 is 0 Å². The molecule has 0 saturated carbocycles. The second-order valence-electron chi connectivity index (χ2n) is 6.14. The molecule has 0 heterocycles. The van der Waals surface area contributed by atoms with Gasteiger partial charge in [-0.05, 0) is 23.3 Å². The molecule has 0 aliphatic rings. The van der Waals surface area contributed by atoms with Crippen molar-refractivity contribution in [1.29, 1.82) is 0 Å². The van der Waals surface area contributed by atoms with E-state index in [1.165, 1.54) is 0 Å². The molecule has 0 fully saturated rings. The molecule has 0 radical (unpaired) electrons. The van der Waals surface area contributed by atoms with E-state index in [2.05, 4.69) is 29.6 Å². The summed E-state index contributed by atoms with van der Waals surface area (Å²) in [6, 6.07) is 29.5. The number of carbonyl (C=O) groups excluding carboxylic acids is 1. The zero-order valence-corrected chi connectivity index (χ0v) is 14.9. The van der Waals surface area contributed by atoms with Crippen molar-refractivity contribution in [3.8, 4) is 0 Å². The number of methoxy groups -OCH3 is 1. The molecule has 0 atom stereocenters. The van der Waals surface area contributed by atoms with Crippen LogP contribution in [0.15, 0.2) is 91.0 Å². The van der Waals surface area contributed by atoms with Crippen LogP contribution in [0.3, 0.4) is 0 Å². The molecule has 3 aromatic carbocycles. The smallest absolute Gasteiger partial charge is 0.251 e.